The number of rotatable bonds is 2. The number of piperidine rings is 1. The number of hydrogen-bond acceptors (Lipinski definition) is 3. The van der Waals surface area contributed by atoms with E-state index in [2.05, 4.69) is 6.07 Å². The predicted molar refractivity (Wildman–Crippen MR) is 50.3 cm³/mol. The van der Waals surface area contributed by atoms with E-state index >= 15 is 0 Å². The minimum absolute atomic E-state index is 0.0713. The molecule has 4 nitrogen and oxygen atoms in total. The summed E-state index contributed by atoms with van der Waals surface area (Å²) in [6.07, 6.45) is 2.59. The van der Waals surface area contributed by atoms with Crippen LogP contribution in [-0.2, 0) is 9.59 Å². The van der Waals surface area contributed by atoms with Gasteiger partial charge in [0.1, 0.15) is 11.8 Å². The molecule has 0 aromatic rings. The summed E-state index contributed by atoms with van der Waals surface area (Å²) in [5, 5.41) is 8.82. The Balaban J connectivity index is 2.60. The Morgan fingerprint density at radius 2 is 2.21 bits per heavy atom. The molecule has 0 N–H and O–H groups in total. The summed E-state index contributed by atoms with van der Waals surface area (Å²) in [4.78, 5) is 23.8. The Morgan fingerprint density at radius 3 is 2.79 bits per heavy atom. The topological polar surface area (TPSA) is 61.2 Å². The molecular formula is C10H14N2O2. The van der Waals surface area contributed by atoms with E-state index in [4.69, 9.17) is 5.26 Å². The molecule has 0 aliphatic carbocycles. The summed E-state index contributed by atoms with van der Waals surface area (Å²) in [7, 11) is 0. The second kappa shape index (κ2) is 4.75. The first-order valence-corrected chi connectivity index (χ1v) is 4.83. The number of carbonyl (C=O) groups is 2. The molecular weight excluding hydrogens is 180 g/mol. The van der Waals surface area contributed by atoms with Crippen LogP contribution < -0.4 is 0 Å². The van der Waals surface area contributed by atoms with Crippen LogP contribution >= 0.6 is 0 Å². The molecule has 1 atom stereocenters. The highest BCUT2D eigenvalue weighted by molar-refractivity contribution is 5.97. The lowest BCUT2D eigenvalue weighted by atomic mass is 10.0. The maximum absolute atomic E-state index is 11.5. The number of nitrogens with zero attached hydrogens (tertiary/aromatic N) is 2. The highest BCUT2D eigenvalue weighted by Gasteiger charge is 2.26. The van der Waals surface area contributed by atoms with E-state index in [1.54, 1.807) is 0 Å². The van der Waals surface area contributed by atoms with Crippen LogP contribution in [0.5, 0.6) is 0 Å². The van der Waals surface area contributed by atoms with Crippen molar-refractivity contribution in [1.29, 1.82) is 5.26 Å². The Morgan fingerprint density at radius 1 is 1.50 bits per heavy atom. The van der Waals surface area contributed by atoms with Gasteiger partial charge in [-0.05, 0) is 26.2 Å². The van der Waals surface area contributed by atoms with Crippen molar-refractivity contribution in [3.8, 4) is 6.07 Å². The van der Waals surface area contributed by atoms with Gasteiger partial charge in [0.05, 0.1) is 12.5 Å². The first-order valence-electron chi connectivity index (χ1n) is 4.83. The Kier molecular flexibility index (Phi) is 3.63. The molecule has 0 aromatic heterocycles. The molecule has 0 saturated carbocycles. The van der Waals surface area contributed by atoms with Crippen molar-refractivity contribution < 1.29 is 9.59 Å². The van der Waals surface area contributed by atoms with Crippen LogP contribution in [0.25, 0.3) is 0 Å². The lowest BCUT2D eigenvalue weighted by molar-refractivity contribution is -0.136. The van der Waals surface area contributed by atoms with Crippen LogP contribution in [0.1, 0.15) is 32.6 Å². The summed E-state index contributed by atoms with van der Waals surface area (Å²) in [5.74, 6) is -0.346. The van der Waals surface area contributed by atoms with Gasteiger partial charge in [0.2, 0.25) is 5.91 Å². The third-order valence-corrected chi connectivity index (χ3v) is 2.37. The van der Waals surface area contributed by atoms with Crippen LogP contribution in [0.3, 0.4) is 0 Å². The van der Waals surface area contributed by atoms with Crippen LogP contribution in [-0.4, -0.2) is 29.2 Å². The molecule has 0 spiro atoms. The number of hydrogen-bond donors (Lipinski definition) is 0. The standard InChI is InChI=1S/C10H14N2O2/c1-8(13)6-10(14)12-5-3-2-4-9(12)7-11/h9H,2-6H2,1H3. The summed E-state index contributed by atoms with van der Waals surface area (Å²) >= 11 is 0. The van der Waals surface area contributed by atoms with Crippen LogP contribution in [0, 0.1) is 11.3 Å². The number of ketones is 1. The molecule has 0 bridgehead atoms. The van der Waals surface area contributed by atoms with Crippen molar-refractivity contribution in [3.63, 3.8) is 0 Å². The monoisotopic (exact) mass is 194 g/mol. The number of Topliss-reactive ketones (excluding diaryl/α,β-unsaturated/α-hetero) is 1. The summed E-state index contributed by atoms with van der Waals surface area (Å²) < 4.78 is 0. The number of amides is 1. The van der Waals surface area contributed by atoms with E-state index in [1.165, 1.54) is 11.8 Å². The third-order valence-electron chi connectivity index (χ3n) is 2.37. The molecule has 1 heterocycles. The molecule has 1 aliphatic heterocycles. The number of carbonyl (C=O) groups excluding carboxylic acids is 2. The molecule has 4 heteroatoms. The highest BCUT2D eigenvalue weighted by Crippen LogP contribution is 2.17. The lowest BCUT2D eigenvalue weighted by Gasteiger charge is -2.31. The van der Waals surface area contributed by atoms with E-state index in [9.17, 15) is 9.59 Å². The van der Waals surface area contributed by atoms with Crippen molar-refractivity contribution in [1.82, 2.24) is 4.90 Å². The van der Waals surface area contributed by atoms with Crippen LogP contribution in [0.15, 0.2) is 0 Å². The normalized spacial score (nSPS) is 21.4. The fourth-order valence-corrected chi connectivity index (χ4v) is 1.68. The van der Waals surface area contributed by atoms with E-state index in [1.807, 2.05) is 0 Å². The van der Waals surface area contributed by atoms with Crippen molar-refractivity contribution in [2.45, 2.75) is 38.6 Å². The summed E-state index contributed by atoms with van der Waals surface area (Å²) in [6, 6.07) is 1.78. The molecule has 1 aliphatic rings. The SMILES string of the molecule is CC(=O)CC(=O)N1CCCCC1C#N. The Bertz CT molecular complexity index is 280. The summed E-state index contributed by atoms with van der Waals surface area (Å²) in [5.41, 5.74) is 0. The predicted octanol–water partition coefficient (Wildman–Crippen LogP) is 0.870. The van der Waals surface area contributed by atoms with E-state index in [0.717, 1.165) is 19.3 Å². The largest absolute Gasteiger partial charge is 0.326 e. The van der Waals surface area contributed by atoms with Gasteiger partial charge in [-0.25, -0.2) is 0 Å². The van der Waals surface area contributed by atoms with Gasteiger partial charge in [0, 0.05) is 6.54 Å². The molecule has 76 valence electrons. The molecule has 1 amide bonds. The second-order valence-electron chi connectivity index (χ2n) is 3.61. The van der Waals surface area contributed by atoms with Gasteiger partial charge in [-0.15, -0.1) is 0 Å². The maximum Gasteiger partial charge on any atom is 0.231 e. The van der Waals surface area contributed by atoms with Crippen molar-refractivity contribution in [2.75, 3.05) is 6.54 Å². The first kappa shape index (κ1) is 10.7. The number of nitriles is 1. The highest BCUT2D eigenvalue weighted by atomic mass is 16.2. The minimum Gasteiger partial charge on any atom is -0.326 e. The Hall–Kier alpha value is -1.37. The van der Waals surface area contributed by atoms with Gasteiger partial charge in [0.25, 0.3) is 0 Å². The molecule has 0 aromatic carbocycles. The molecule has 1 rings (SSSR count). The van der Waals surface area contributed by atoms with E-state index < -0.39 is 0 Å². The smallest absolute Gasteiger partial charge is 0.231 e. The second-order valence-corrected chi connectivity index (χ2v) is 3.61. The molecule has 0 radical (unpaired) electrons. The zero-order chi connectivity index (χ0) is 10.6. The third kappa shape index (κ3) is 2.56. The van der Waals surface area contributed by atoms with Crippen molar-refractivity contribution in [2.24, 2.45) is 0 Å². The molecule has 14 heavy (non-hydrogen) atoms. The minimum atomic E-state index is -0.324. The van der Waals surface area contributed by atoms with Gasteiger partial charge >= 0.3 is 0 Å². The van der Waals surface area contributed by atoms with Crippen molar-refractivity contribution in [3.05, 3.63) is 0 Å². The fourth-order valence-electron chi connectivity index (χ4n) is 1.68. The van der Waals surface area contributed by atoms with E-state index in [0.29, 0.717) is 6.54 Å². The van der Waals surface area contributed by atoms with E-state index in [-0.39, 0.29) is 24.2 Å². The molecule has 1 fully saturated rings. The zero-order valence-corrected chi connectivity index (χ0v) is 8.32. The average molecular weight is 194 g/mol. The lowest BCUT2D eigenvalue weighted by Crippen LogP contribution is -2.43. The maximum atomic E-state index is 11.5. The van der Waals surface area contributed by atoms with Gasteiger partial charge in [-0.3, -0.25) is 9.59 Å². The quantitative estimate of drug-likeness (QED) is 0.613. The van der Waals surface area contributed by atoms with Gasteiger partial charge in [0.15, 0.2) is 0 Å². The Labute approximate surface area is 83.5 Å². The zero-order valence-electron chi connectivity index (χ0n) is 8.32. The van der Waals surface area contributed by atoms with Crippen LogP contribution in [0.2, 0.25) is 0 Å². The first-order chi connectivity index (χ1) is 6.65. The van der Waals surface area contributed by atoms with Crippen molar-refractivity contribution >= 4 is 11.7 Å². The summed E-state index contributed by atoms with van der Waals surface area (Å²) in [6.45, 7) is 2.01. The van der Waals surface area contributed by atoms with Gasteiger partial charge < -0.3 is 4.90 Å². The fraction of sp³-hybridized carbons (Fsp3) is 0.700. The van der Waals surface area contributed by atoms with Crippen LogP contribution in [0.4, 0.5) is 0 Å². The average Bonchev–Trinajstić information content (AvgIpc) is 2.16. The number of likely N-dealkylation sites (tertiary alicyclic amines) is 1. The molecule has 1 unspecified atom stereocenters. The molecule has 1 saturated heterocycles. The van der Waals surface area contributed by atoms with Gasteiger partial charge in [-0.1, -0.05) is 0 Å². The van der Waals surface area contributed by atoms with Gasteiger partial charge in [-0.2, -0.15) is 5.26 Å².